The molecule has 0 spiro atoms. The molecule has 2 aromatic carbocycles. The number of hydrogen-bond donors (Lipinski definition) is 0. The Morgan fingerprint density at radius 3 is 2.57 bits per heavy atom. The minimum absolute atomic E-state index is 0.137. The molecule has 2 heterocycles. The Bertz CT molecular complexity index is 985. The van der Waals surface area contributed by atoms with E-state index in [1.54, 1.807) is 12.4 Å². The van der Waals surface area contributed by atoms with E-state index in [1.807, 2.05) is 53.1 Å². The average molecular weight is 276 g/mol. The fraction of sp³-hybridized carbons (Fsp3) is 0.0625. The van der Waals surface area contributed by atoms with E-state index in [9.17, 15) is 4.79 Å². The molecule has 2 aromatic heterocycles. The van der Waals surface area contributed by atoms with Gasteiger partial charge in [0.1, 0.15) is 6.33 Å². The van der Waals surface area contributed by atoms with Gasteiger partial charge in [-0.2, -0.15) is 9.61 Å². The number of para-hydroxylation sites is 1. The van der Waals surface area contributed by atoms with Crippen molar-refractivity contribution in [1.29, 1.82) is 0 Å². The third kappa shape index (κ3) is 1.90. The maximum atomic E-state index is 12.4. The molecule has 0 N–H and O–H groups in total. The van der Waals surface area contributed by atoms with Crippen LogP contribution in [0.4, 0.5) is 0 Å². The van der Waals surface area contributed by atoms with Crippen molar-refractivity contribution in [2.75, 3.05) is 0 Å². The van der Waals surface area contributed by atoms with Crippen LogP contribution in [0.5, 0.6) is 0 Å². The Morgan fingerprint density at radius 2 is 1.71 bits per heavy atom. The van der Waals surface area contributed by atoms with Crippen LogP contribution in [0.3, 0.4) is 0 Å². The first kappa shape index (κ1) is 11.8. The summed E-state index contributed by atoms with van der Waals surface area (Å²) in [5, 5.41) is 4.75. The van der Waals surface area contributed by atoms with Crippen LogP contribution >= 0.6 is 0 Å². The summed E-state index contributed by atoms with van der Waals surface area (Å²) in [6.07, 6.45) is 1.65. The Hall–Kier alpha value is -2.95. The molecule has 0 saturated heterocycles. The second-order valence-corrected chi connectivity index (χ2v) is 4.89. The molecule has 0 aliphatic carbocycles. The van der Waals surface area contributed by atoms with Crippen molar-refractivity contribution in [2.45, 2.75) is 6.54 Å². The third-order valence-electron chi connectivity index (χ3n) is 3.50. The molecular weight excluding hydrogens is 264 g/mol. The molecule has 4 aromatic rings. The van der Waals surface area contributed by atoms with Crippen molar-refractivity contribution in [2.24, 2.45) is 0 Å². The summed E-state index contributed by atoms with van der Waals surface area (Å²) in [4.78, 5) is 17.0. The van der Waals surface area contributed by atoms with Gasteiger partial charge in [0.2, 0.25) is 5.78 Å². The minimum Gasteiger partial charge on any atom is -0.295 e. The van der Waals surface area contributed by atoms with E-state index in [0.717, 1.165) is 5.56 Å². The number of rotatable bonds is 2. The number of hydrogen-bond acceptors (Lipinski definition) is 3. The van der Waals surface area contributed by atoms with Crippen LogP contribution in [-0.2, 0) is 6.54 Å². The van der Waals surface area contributed by atoms with Gasteiger partial charge in [0.25, 0.3) is 5.56 Å². The van der Waals surface area contributed by atoms with E-state index in [-0.39, 0.29) is 5.56 Å². The summed E-state index contributed by atoms with van der Waals surface area (Å²) < 4.78 is 3.23. The van der Waals surface area contributed by atoms with E-state index in [1.165, 1.54) is 4.52 Å². The van der Waals surface area contributed by atoms with Gasteiger partial charge in [0.15, 0.2) is 0 Å². The summed E-state index contributed by atoms with van der Waals surface area (Å²) in [7, 11) is 0. The minimum atomic E-state index is -0.137. The quantitative estimate of drug-likeness (QED) is 0.563. The molecule has 4 rings (SSSR count). The maximum Gasteiger partial charge on any atom is 0.283 e. The van der Waals surface area contributed by atoms with Crippen molar-refractivity contribution in [3.05, 3.63) is 76.8 Å². The Kier molecular flexibility index (Phi) is 2.57. The molecule has 0 bridgehead atoms. The molecule has 0 unspecified atom stereocenters. The molecule has 5 nitrogen and oxygen atoms in total. The number of nitrogens with zero attached hydrogens (tertiary/aromatic N) is 4. The van der Waals surface area contributed by atoms with Crippen molar-refractivity contribution >= 4 is 16.7 Å². The molecule has 0 aliphatic heterocycles. The van der Waals surface area contributed by atoms with Crippen LogP contribution in [-0.4, -0.2) is 19.2 Å². The van der Waals surface area contributed by atoms with Gasteiger partial charge in [-0.25, -0.2) is 4.98 Å². The monoisotopic (exact) mass is 276 g/mol. The lowest BCUT2D eigenvalue weighted by atomic mass is 10.2. The second kappa shape index (κ2) is 4.56. The topological polar surface area (TPSA) is 52.2 Å². The zero-order valence-corrected chi connectivity index (χ0v) is 11.2. The molecule has 0 fully saturated rings. The summed E-state index contributed by atoms with van der Waals surface area (Å²) in [5.41, 5.74) is 1.69. The summed E-state index contributed by atoms with van der Waals surface area (Å²) in [6, 6.07) is 17.4. The summed E-state index contributed by atoms with van der Waals surface area (Å²) in [5.74, 6) is 0.558. The van der Waals surface area contributed by atoms with Gasteiger partial charge in [-0.15, -0.1) is 0 Å². The predicted molar refractivity (Wildman–Crippen MR) is 80.3 cm³/mol. The number of fused-ring (bicyclic) bond motifs is 2. The molecule has 0 radical (unpaired) electrons. The number of benzene rings is 2. The molecule has 102 valence electrons. The highest BCUT2D eigenvalue weighted by molar-refractivity contribution is 5.78. The van der Waals surface area contributed by atoms with Crippen molar-refractivity contribution in [3.8, 4) is 0 Å². The Labute approximate surface area is 120 Å². The second-order valence-electron chi connectivity index (χ2n) is 4.89. The average Bonchev–Trinajstić information content (AvgIpc) is 2.92. The largest absolute Gasteiger partial charge is 0.295 e. The first-order chi connectivity index (χ1) is 10.3. The van der Waals surface area contributed by atoms with E-state index in [0.29, 0.717) is 23.2 Å². The van der Waals surface area contributed by atoms with Crippen LogP contribution in [0, 0.1) is 0 Å². The van der Waals surface area contributed by atoms with Gasteiger partial charge in [-0.05, 0) is 17.7 Å². The number of aromatic nitrogens is 4. The predicted octanol–water partition coefficient (Wildman–Crippen LogP) is 2.09. The smallest absolute Gasteiger partial charge is 0.283 e. The SMILES string of the molecule is O=c1c2ccccc2nc2n(Cc3ccccc3)cnn12. The van der Waals surface area contributed by atoms with E-state index in [2.05, 4.69) is 10.1 Å². The molecule has 0 saturated carbocycles. The first-order valence-electron chi connectivity index (χ1n) is 6.70. The van der Waals surface area contributed by atoms with E-state index >= 15 is 0 Å². The van der Waals surface area contributed by atoms with Crippen LogP contribution in [0.1, 0.15) is 5.56 Å². The van der Waals surface area contributed by atoms with Crippen LogP contribution < -0.4 is 5.56 Å². The lowest BCUT2D eigenvalue weighted by molar-refractivity contribution is 0.813. The fourth-order valence-electron chi connectivity index (χ4n) is 2.46. The van der Waals surface area contributed by atoms with E-state index in [4.69, 9.17) is 0 Å². The Morgan fingerprint density at radius 1 is 0.952 bits per heavy atom. The lowest BCUT2D eigenvalue weighted by Crippen LogP contribution is -2.16. The van der Waals surface area contributed by atoms with E-state index < -0.39 is 0 Å². The zero-order valence-electron chi connectivity index (χ0n) is 11.2. The standard InChI is InChI=1S/C16H12N4O/c21-15-13-8-4-5-9-14(13)18-16-19(11-17-20(15)16)10-12-6-2-1-3-7-12/h1-9,11H,10H2. The molecule has 0 atom stereocenters. The van der Waals surface area contributed by atoms with Crippen molar-refractivity contribution < 1.29 is 0 Å². The Balaban J connectivity index is 1.94. The maximum absolute atomic E-state index is 12.4. The van der Waals surface area contributed by atoms with Gasteiger partial charge in [-0.3, -0.25) is 9.36 Å². The van der Waals surface area contributed by atoms with Crippen molar-refractivity contribution in [1.82, 2.24) is 19.2 Å². The molecule has 0 aliphatic rings. The van der Waals surface area contributed by atoms with Gasteiger partial charge in [-0.1, -0.05) is 42.5 Å². The lowest BCUT2D eigenvalue weighted by Gasteiger charge is -2.04. The van der Waals surface area contributed by atoms with Crippen molar-refractivity contribution in [3.63, 3.8) is 0 Å². The highest BCUT2D eigenvalue weighted by atomic mass is 16.1. The molecule has 0 amide bonds. The third-order valence-corrected chi connectivity index (χ3v) is 3.50. The molecule has 5 heteroatoms. The summed E-state index contributed by atoms with van der Waals surface area (Å²) >= 11 is 0. The van der Waals surface area contributed by atoms with Gasteiger partial charge in [0.05, 0.1) is 17.4 Å². The first-order valence-corrected chi connectivity index (χ1v) is 6.70. The molecular formula is C16H12N4O. The van der Waals surface area contributed by atoms with Crippen LogP contribution in [0.2, 0.25) is 0 Å². The normalized spacial score (nSPS) is 11.2. The highest BCUT2D eigenvalue weighted by Gasteiger charge is 2.10. The van der Waals surface area contributed by atoms with Crippen LogP contribution in [0.25, 0.3) is 16.7 Å². The summed E-state index contributed by atoms with van der Waals surface area (Å²) in [6.45, 7) is 0.634. The van der Waals surface area contributed by atoms with Gasteiger partial charge in [0, 0.05) is 0 Å². The van der Waals surface area contributed by atoms with Gasteiger partial charge < -0.3 is 0 Å². The highest BCUT2D eigenvalue weighted by Crippen LogP contribution is 2.10. The molecule has 21 heavy (non-hydrogen) atoms. The fourth-order valence-corrected chi connectivity index (χ4v) is 2.46. The zero-order chi connectivity index (χ0) is 14.2. The van der Waals surface area contributed by atoms with Crippen LogP contribution in [0.15, 0.2) is 65.7 Å². The van der Waals surface area contributed by atoms with Gasteiger partial charge >= 0.3 is 0 Å².